The molecule has 0 aromatic heterocycles. The van der Waals surface area contributed by atoms with E-state index in [0.29, 0.717) is 12.1 Å². The van der Waals surface area contributed by atoms with Gasteiger partial charge in [-0.05, 0) is 27.7 Å². The van der Waals surface area contributed by atoms with Crippen molar-refractivity contribution < 1.29 is 0 Å². The second-order valence-electron chi connectivity index (χ2n) is 4.51. The van der Waals surface area contributed by atoms with E-state index in [2.05, 4.69) is 61.9 Å². The molecule has 0 unspecified atom stereocenters. The molecule has 0 radical (unpaired) electrons. The normalized spacial score (nSPS) is 12.3. The molecule has 0 aliphatic heterocycles. The smallest absolute Gasteiger partial charge is 0.131 e. The SMILES string of the molecule is CN=C(c1ccccc1)N(C(C)C)C(C)C. The highest BCUT2D eigenvalue weighted by atomic mass is 15.2. The van der Waals surface area contributed by atoms with Crippen LogP contribution in [0.15, 0.2) is 35.3 Å². The van der Waals surface area contributed by atoms with Crippen LogP contribution in [0.1, 0.15) is 33.3 Å². The molecule has 2 nitrogen and oxygen atoms in total. The summed E-state index contributed by atoms with van der Waals surface area (Å²) in [6.07, 6.45) is 0. The van der Waals surface area contributed by atoms with Gasteiger partial charge in [-0.2, -0.15) is 0 Å². The predicted octanol–water partition coefficient (Wildman–Crippen LogP) is 3.18. The van der Waals surface area contributed by atoms with Gasteiger partial charge in [-0.3, -0.25) is 4.99 Å². The van der Waals surface area contributed by atoms with Gasteiger partial charge >= 0.3 is 0 Å². The second-order valence-corrected chi connectivity index (χ2v) is 4.51. The molecule has 1 aromatic carbocycles. The molecular weight excluding hydrogens is 196 g/mol. The molecule has 1 rings (SSSR count). The van der Waals surface area contributed by atoms with Crippen molar-refractivity contribution in [3.63, 3.8) is 0 Å². The molecule has 0 aliphatic carbocycles. The van der Waals surface area contributed by atoms with Crippen molar-refractivity contribution in [1.29, 1.82) is 0 Å². The molecule has 0 saturated carbocycles. The largest absolute Gasteiger partial charge is 0.352 e. The lowest BCUT2D eigenvalue weighted by Gasteiger charge is -2.34. The Morgan fingerprint density at radius 3 is 1.88 bits per heavy atom. The van der Waals surface area contributed by atoms with E-state index in [1.54, 1.807) is 0 Å². The molecular formula is C14H22N2. The average Bonchev–Trinajstić information content (AvgIpc) is 2.25. The first-order valence-electron chi connectivity index (χ1n) is 5.88. The second kappa shape index (κ2) is 5.69. The van der Waals surface area contributed by atoms with E-state index in [9.17, 15) is 0 Å². The fourth-order valence-electron chi connectivity index (χ4n) is 2.07. The third-order valence-electron chi connectivity index (χ3n) is 2.60. The maximum absolute atomic E-state index is 4.44. The summed E-state index contributed by atoms with van der Waals surface area (Å²) in [5.41, 5.74) is 1.19. The Balaban J connectivity index is 3.07. The highest BCUT2D eigenvalue weighted by Gasteiger charge is 2.18. The van der Waals surface area contributed by atoms with E-state index < -0.39 is 0 Å². The van der Waals surface area contributed by atoms with E-state index in [1.807, 2.05) is 13.1 Å². The van der Waals surface area contributed by atoms with Crippen LogP contribution in [-0.2, 0) is 0 Å². The van der Waals surface area contributed by atoms with Gasteiger partial charge in [-0.15, -0.1) is 0 Å². The molecule has 2 heteroatoms. The van der Waals surface area contributed by atoms with Gasteiger partial charge in [0.1, 0.15) is 5.84 Å². The van der Waals surface area contributed by atoms with Crippen molar-refractivity contribution >= 4 is 5.84 Å². The van der Waals surface area contributed by atoms with Crippen LogP contribution < -0.4 is 0 Å². The van der Waals surface area contributed by atoms with E-state index in [-0.39, 0.29) is 0 Å². The Hall–Kier alpha value is -1.31. The minimum atomic E-state index is 0.457. The number of rotatable bonds is 3. The quantitative estimate of drug-likeness (QED) is 0.562. The van der Waals surface area contributed by atoms with E-state index in [4.69, 9.17) is 0 Å². The minimum absolute atomic E-state index is 0.457. The summed E-state index contributed by atoms with van der Waals surface area (Å²) >= 11 is 0. The average molecular weight is 218 g/mol. The third kappa shape index (κ3) is 2.84. The van der Waals surface area contributed by atoms with Gasteiger partial charge in [0.15, 0.2) is 0 Å². The maximum atomic E-state index is 4.44. The number of aliphatic imine (C=N–C) groups is 1. The Labute approximate surface area is 99.0 Å². The van der Waals surface area contributed by atoms with Crippen LogP contribution in [0.5, 0.6) is 0 Å². The van der Waals surface area contributed by atoms with Crippen molar-refractivity contribution in [3.05, 3.63) is 35.9 Å². The molecule has 0 aliphatic rings. The van der Waals surface area contributed by atoms with Gasteiger partial charge in [-0.1, -0.05) is 30.3 Å². The standard InChI is InChI=1S/C14H22N2/c1-11(2)16(12(3)4)14(15-5)13-9-7-6-8-10-13/h6-12H,1-5H3. The summed E-state index contributed by atoms with van der Waals surface area (Å²) in [4.78, 5) is 6.79. The van der Waals surface area contributed by atoms with E-state index in [0.717, 1.165) is 5.84 Å². The molecule has 16 heavy (non-hydrogen) atoms. The Bertz CT molecular complexity index is 331. The van der Waals surface area contributed by atoms with Gasteiger partial charge in [-0.25, -0.2) is 0 Å². The lowest BCUT2D eigenvalue weighted by atomic mass is 10.1. The van der Waals surface area contributed by atoms with Crippen molar-refractivity contribution in [3.8, 4) is 0 Å². The zero-order valence-corrected chi connectivity index (χ0v) is 10.9. The fourth-order valence-corrected chi connectivity index (χ4v) is 2.07. The first kappa shape index (κ1) is 12.8. The lowest BCUT2D eigenvalue weighted by Crippen LogP contribution is -2.42. The number of amidine groups is 1. The van der Waals surface area contributed by atoms with E-state index in [1.165, 1.54) is 5.56 Å². The molecule has 0 spiro atoms. The van der Waals surface area contributed by atoms with Crippen LogP contribution in [-0.4, -0.2) is 29.9 Å². The molecule has 0 heterocycles. The zero-order valence-electron chi connectivity index (χ0n) is 10.9. The molecule has 1 aromatic rings. The first-order chi connectivity index (χ1) is 7.57. The molecule has 0 N–H and O–H groups in total. The summed E-state index contributed by atoms with van der Waals surface area (Å²) in [6.45, 7) is 8.81. The Morgan fingerprint density at radius 1 is 1.00 bits per heavy atom. The van der Waals surface area contributed by atoms with Crippen LogP contribution in [0, 0.1) is 0 Å². The number of nitrogens with zero attached hydrogens (tertiary/aromatic N) is 2. The zero-order chi connectivity index (χ0) is 12.1. The number of hydrogen-bond donors (Lipinski definition) is 0. The fraction of sp³-hybridized carbons (Fsp3) is 0.500. The van der Waals surface area contributed by atoms with Crippen molar-refractivity contribution in [2.75, 3.05) is 7.05 Å². The molecule has 88 valence electrons. The summed E-state index contributed by atoms with van der Waals surface area (Å²) in [6, 6.07) is 11.3. The molecule has 0 bridgehead atoms. The summed E-state index contributed by atoms with van der Waals surface area (Å²) in [7, 11) is 1.86. The highest BCUT2D eigenvalue weighted by molar-refractivity contribution is 5.99. The van der Waals surface area contributed by atoms with Gasteiger partial charge in [0.25, 0.3) is 0 Å². The number of benzene rings is 1. The van der Waals surface area contributed by atoms with E-state index >= 15 is 0 Å². The van der Waals surface area contributed by atoms with Crippen LogP contribution in [0.4, 0.5) is 0 Å². The monoisotopic (exact) mass is 218 g/mol. The Kier molecular flexibility index (Phi) is 4.53. The molecule has 0 saturated heterocycles. The van der Waals surface area contributed by atoms with Crippen LogP contribution in [0.3, 0.4) is 0 Å². The minimum Gasteiger partial charge on any atom is -0.352 e. The predicted molar refractivity (Wildman–Crippen MR) is 71.0 cm³/mol. The first-order valence-corrected chi connectivity index (χ1v) is 5.88. The maximum Gasteiger partial charge on any atom is 0.131 e. The van der Waals surface area contributed by atoms with Gasteiger partial charge in [0.05, 0.1) is 0 Å². The number of hydrogen-bond acceptors (Lipinski definition) is 1. The summed E-state index contributed by atoms with van der Waals surface area (Å²) < 4.78 is 0. The van der Waals surface area contributed by atoms with Crippen molar-refractivity contribution in [1.82, 2.24) is 4.90 Å². The molecule has 0 atom stereocenters. The van der Waals surface area contributed by atoms with Gasteiger partial charge in [0, 0.05) is 24.7 Å². The Morgan fingerprint density at radius 2 is 1.50 bits per heavy atom. The summed E-state index contributed by atoms with van der Waals surface area (Å²) in [5.74, 6) is 1.07. The van der Waals surface area contributed by atoms with Crippen LogP contribution >= 0.6 is 0 Å². The topological polar surface area (TPSA) is 15.6 Å². The third-order valence-corrected chi connectivity index (χ3v) is 2.60. The van der Waals surface area contributed by atoms with Gasteiger partial charge < -0.3 is 4.90 Å². The molecule has 0 amide bonds. The van der Waals surface area contributed by atoms with Crippen LogP contribution in [0.2, 0.25) is 0 Å². The lowest BCUT2D eigenvalue weighted by molar-refractivity contribution is 0.292. The highest BCUT2D eigenvalue weighted by Crippen LogP contribution is 2.13. The molecule has 0 fully saturated rings. The van der Waals surface area contributed by atoms with Crippen molar-refractivity contribution in [2.24, 2.45) is 4.99 Å². The van der Waals surface area contributed by atoms with Crippen molar-refractivity contribution in [2.45, 2.75) is 39.8 Å². The summed E-state index contributed by atoms with van der Waals surface area (Å²) in [5, 5.41) is 0. The van der Waals surface area contributed by atoms with Gasteiger partial charge in [0.2, 0.25) is 0 Å². The van der Waals surface area contributed by atoms with Crippen LogP contribution in [0.25, 0.3) is 0 Å².